The monoisotopic (exact) mass is 418 g/mol. The molecule has 11 heteroatoms. The lowest BCUT2D eigenvalue weighted by Crippen LogP contribution is -2.25. The summed E-state index contributed by atoms with van der Waals surface area (Å²) < 4.78 is 84.3. The van der Waals surface area contributed by atoms with E-state index in [1.54, 1.807) is 11.4 Å². The third kappa shape index (κ3) is 3.60. The van der Waals surface area contributed by atoms with Gasteiger partial charge >= 0.3 is 0 Å². The van der Waals surface area contributed by atoms with Crippen LogP contribution in [0.3, 0.4) is 0 Å². The number of nitrogens with zero attached hydrogens (tertiary/aromatic N) is 2. The summed E-state index contributed by atoms with van der Waals surface area (Å²) in [7, 11) is -2.43. The molecule has 0 aliphatic rings. The van der Waals surface area contributed by atoms with Crippen molar-refractivity contribution in [2.24, 2.45) is 0 Å². The zero-order valence-electron chi connectivity index (χ0n) is 13.5. The van der Waals surface area contributed by atoms with E-state index in [1.807, 2.05) is 0 Å². The Kier molecular flexibility index (Phi) is 5.07. The number of anilines is 1. The van der Waals surface area contributed by atoms with Crippen molar-refractivity contribution in [2.45, 2.75) is 4.21 Å². The van der Waals surface area contributed by atoms with Crippen LogP contribution in [0.5, 0.6) is 11.5 Å². The van der Waals surface area contributed by atoms with E-state index in [-0.39, 0.29) is 15.6 Å². The van der Waals surface area contributed by atoms with Crippen molar-refractivity contribution in [2.75, 3.05) is 11.4 Å². The molecule has 0 N–H and O–H groups in total. The summed E-state index contributed by atoms with van der Waals surface area (Å²) >= 11 is 1.05. The van der Waals surface area contributed by atoms with Crippen molar-refractivity contribution in [3.8, 4) is 11.5 Å². The standard InChI is InChI=1S/C16H10F4N2O3S2/c1-22(27(23,24)11-3-2-8-26-11)9-4-6-10(7-5-9)25-14-12(17)15(19)21-16(20)13(14)18/h2-8H,1H3. The molecule has 27 heavy (non-hydrogen) atoms. The highest BCUT2D eigenvalue weighted by atomic mass is 32.2. The molecule has 0 aliphatic heterocycles. The Labute approximate surface area is 155 Å². The van der Waals surface area contributed by atoms with Crippen LogP contribution in [-0.4, -0.2) is 20.4 Å². The Balaban J connectivity index is 1.87. The smallest absolute Gasteiger partial charge is 0.273 e. The van der Waals surface area contributed by atoms with Crippen molar-refractivity contribution >= 4 is 27.0 Å². The van der Waals surface area contributed by atoms with Gasteiger partial charge in [-0.2, -0.15) is 22.5 Å². The summed E-state index contributed by atoms with van der Waals surface area (Å²) in [6.45, 7) is 0. The van der Waals surface area contributed by atoms with Gasteiger partial charge < -0.3 is 4.74 Å². The van der Waals surface area contributed by atoms with Gasteiger partial charge in [0, 0.05) is 7.05 Å². The first-order valence-corrected chi connectivity index (χ1v) is 9.54. The molecule has 5 nitrogen and oxygen atoms in total. The summed E-state index contributed by atoms with van der Waals surface area (Å²) in [5, 5.41) is 1.62. The van der Waals surface area contributed by atoms with Crippen molar-refractivity contribution in [3.63, 3.8) is 0 Å². The highest BCUT2D eigenvalue weighted by Crippen LogP contribution is 2.31. The minimum Gasteiger partial charge on any atom is -0.451 e. The molecule has 1 aromatic carbocycles. The van der Waals surface area contributed by atoms with Crippen molar-refractivity contribution in [3.05, 3.63) is 65.3 Å². The number of hydrogen-bond donors (Lipinski definition) is 0. The first-order valence-electron chi connectivity index (χ1n) is 7.22. The second-order valence-corrected chi connectivity index (χ2v) is 8.29. The van der Waals surface area contributed by atoms with E-state index in [2.05, 4.69) is 4.98 Å². The van der Waals surface area contributed by atoms with E-state index in [4.69, 9.17) is 4.74 Å². The molecule has 3 rings (SSSR count). The zero-order chi connectivity index (χ0) is 19.8. The van der Waals surface area contributed by atoms with Gasteiger partial charge in [0.25, 0.3) is 21.9 Å². The van der Waals surface area contributed by atoms with Gasteiger partial charge in [-0.1, -0.05) is 6.07 Å². The number of rotatable bonds is 5. The number of halogens is 4. The van der Waals surface area contributed by atoms with Gasteiger partial charge in [-0.3, -0.25) is 4.31 Å². The number of ether oxygens (including phenoxy) is 1. The van der Waals surface area contributed by atoms with Crippen LogP contribution >= 0.6 is 11.3 Å². The Hall–Kier alpha value is -2.66. The van der Waals surface area contributed by atoms with Gasteiger partial charge in [-0.25, -0.2) is 8.42 Å². The fourth-order valence-electron chi connectivity index (χ4n) is 2.08. The van der Waals surface area contributed by atoms with Gasteiger partial charge in [0.05, 0.1) is 5.69 Å². The number of pyridine rings is 1. The molecule has 0 aliphatic carbocycles. The Morgan fingerprint density at radius 3 is 2.11 bits per heavy atom. The van der Waals surface area contributed by atoms with Gasteiger partial charge in [0.2, 0.25) is 17.4 Å². The number of hydrogen-bond acceptors (Lipinski definition) is 5. The summed E-state index contributed by atoms with van der Waals surface area (Å²) in [5.74, 6) is -8.70. The minimum absolute atomic E-state index is 0.136. The Bertz CT molecular complexity index is 1050. The van der Waals surface area contributed by atoms with Crippen molar-refractivity contribution in [1.82, 2.24) is 4.98 Å². The molecule has 0 saturated heterocycles. The van der Waals surface area contributed by atoms with Crippen molar-refractivity contribution < 1.29 is 30.7 Å². The first-order chi connectivity index (χ1) is 12.7. The predicted octanol–water partition coefficient (Wildman–Crippen LogP) is 4.32. The average molecular weight is 418 g/mol. The average Bonchev–Trinajstić information content (AvgIpc) is 3.19. The summed E-state index contributed by atoms with van der Waals surface area (Å²) in [5.41, 5.74) is 0.240. The molecule has 2 aromatic heterocycles. The maximum Gasteiger partial charge on any atom is 0.273 e. The fraction of sp³-hybridized carbons (Fsp3) is 0.0625. The molecular weight excluding hydrogens is 408 g/mol. The Morgan fingerprint density at radius 2 is 1.59 bits per heavy atom. The topological polar surface area (TPSA) is 59.5 Å². The maximum absolute atomic E-state index is 13.6. The summed E-state index contributed by atoms with van der Waals surface area (Å²) in [6, 6.07) is 8.06. The van der Waals surface area contributed by atoms with Gasteiger partial charge in [-0.15, -0.1) is 11.3 Å². The van der Waals surface area contributed by atoms with Crippen LogP contribution in [0.1, 0.15) is 0 Å². The van der Waals surface area contributed by atoms with E-state index in [0.717, 1.165) is 15.6 Å². The summed E-state index contributed by atoms with van der Waals surface area (Å²) in [4.78, 5) is 2.43. The number of thiophene rings is 1. The van der Waals surface area contributed by atoms with E-state index < -0.39 is 39.3 Å². The third-order valence-corrected chi connectivity index (χ3v) is 6.65. The third-order valence-electron chi connectivity index (χ3n) is 3.49. The van der Waals surface area contributed by atoms with Crippen LogP contribution in [0.15, 0.2) is 46.0 Å². The lowest BCUT2D eigenvalue weighted by molar-refractivity contribution is 0.343. The van der Waals surface area contributed by atoms with Crippen LogP contribution < -0.4 is 9.04 Å². The maximum atomic E-state index is 13.6. The van der Waals surface area contributed by atoms with Crippen LogP contribution in [-0.2, 0) is 10.0 Å². The zero-order valence-corrected chi connectivity index (χ0v) is 15.1. The predicted molar refractivity (Wildman–Crippen MR) is 90.5 cm³/mol. The van der Waals surface area contributed by atoms with Gasteiger partial charge in [0.1, 0.15) is 9.96 Å². The lowest BCUT2D eigenvalue weighted by Gasteiger charge is -2.18. The second kappa shape index (κ2) is 7.16. The molecule has 0 saturated carbocycles. The minimum atomic E-state index is -3.76. The number of aromatic nitrogens is 1. The molecule has 0 amide bonds. The highest BCUT2D eigenvalue weighted by Gasteiger charge is 2.24. The van der Waals surface area contributed by atoms with Crippen LogP contribution in [0.2, 0.25) is 0 Å². The van der Waals surface area contributed by atoms with Gasteiger partial charge in [0.15, 0.2) is 0 Å². The Morgan fingerprint density at radius 1 is 1.00 bits per heavy atom. The van der Waals surface area contributed by atoms with Gasteiger partial charge in [-0.05, 0) is 35.7 Å². The van der Waals surface area contributed by atoms with Crippen LogP contribution in [0.4, 0.5) is 23.2 Å². The molecule has 0 radical (unpaired) electrons. The normalized spacial score (nSPS) is 11.4. The molecule has 142 valence electrons. The quantitative estimate of drug-likeness (QED) is 0.458. The number of benzene rings is 1. The van der Waals surface area contributed by atoms with E-state index >= 15 is 0 Å². The first kappa shape index (κ1) is 19.1. The number of sulfonamides is 1. The fourth-order valence-corrected chi connectivity index (χ4v) is 4.44. The van der Waals surface area contributed by atoms with Crippen molar-refractivity contribution in [1.29, 1.82) is 0 Å². The molecule has 3 aromatic rings. The second-order valence-electron chi connectivity index (χ2n) is 5.15. The lowest BCUT2D eigenvalue weighted by atomic mass is 10.3. The molecule has 0 fully saturated rings. The molecule has 0 spiro atoms. The molecule has 0 bridgehead atoms. The summed E-state index contributed by atoms with van der Waals surface area (Å²) in [6.07, 6.45) is 0. The molecular formula is C16H10F4N2O3S2. The largest absolute Gasteiger partial charge is 0.451 e. The highest BCUT2D eigenvalue weighted by molar-refractivity contribution is 7.94. The SMILES string of the molecule is CN(c1ccc(Oc2c(F)c(F)nc(F)c2F)cc1)S(=O)(=O)c1cccs1. The van der Waals surface area contributed by atoms with Crippen LogP contribution in [0.25, 0.3) is 0 Å². The van der Waals surface area contributed by atoms with E-state index in [9.17, 15) is 26.0 Å². The van der Waals surface area contributed by atoms with Crippen LogP contribution in [0, 0.1) is 23.5 Å². The van der Waals surface area contributed by atoms with E-state index in [0.29, 0.717) is 0 Å². The molecule has 2 heterocycles. The van der Waals surface area contributed by atoms with E-state index in [1.165, 1.54) is 37.4 Å². The molecule has 0 atom stereocenters. The molecule has 0 unspecified atom stereocenters.